The summed E-state index contributed by atoms with van der Waals surface area (Å²) in [6.07, 6.45) is 6.99. The Morgan fingerprint density at radius 1 is 1.14 bits per heavy atom. The molecule has 0 saturated heterocycles. The van der Waals surface area contributed by atoms with Crippen LogP contribution in [0.2, 0.25) is 18.1 Å². The first kappa shape index (κ1) is 15.0. The number of fused-ring (bicyclic) bond motifs is 1. The Morgan fingerprint density at radius 3 is 2.57 bits per heavy atom. The van der Waals surface area contributed by atoms with E-state index in [4.69, 9.17) is 0 Å². The van der Waals surface area contributed by atoms with Crippen LogP contribution in [0.25, 0.3) is 0 Å². The minimum Gasteiger partial charge on any atom is -0.300 e. The summed E-state index contributed by atoms with van der Waals surface area (Å²) < 4.78 is 0. The number of hydrogen-bond donors (Lipinski definition) is 0. The summed E-state index contributed by atoms with van der Waals surface area (Å²) in [5.74, 6) is 1.88. The van der Waals surface area contributed by atoms with E-state index < -0.39 is 8.07 Å². The molecule has 2 aliphatic rings. The fraction of sp³-hybridized carbons (Fsp3) is 0.632. The first-order valence-corrected chi connectivity index (χ1v) is 11.5. The molecule has 0 bridgehead atoms. The maximum atomic E-state index is 12.4. The van der Waals surface area contributed by atoms with Crippen LogP contribution in [0.4, 0.5) is 0 Å². The Hall–Kier alpha value is -0.893. The van der Waals surface area contributed by atoms with Gasteiger partial charge in [-0.2, -0.15) is 0 Å². The predicted octanol–water partition coefficient (Wildman–Crippen LogP) is 4.53. The molecular formula is C19H28OSi. The second kappa shape index (κ2) is 5.39. The van der Waals surface area contributed by atoms with Gasteiger partial charge in [0.15, 0.2) is 0 Å². The Labute approximate surface area is 130 Å². The number of hydrogen-bond acceptors (Lipinski definition) is 1. The van der Waals surface area contributed by atoms with Gasteiger partial charge in [-0.15, -0.1) is 0 Å². The van der Waals surface area contributed by atoms with Crippen LogP contribution in [-0.4, -0.2) is 13.9 Å². The van der Waals surface area contributed by atoms with E-state index in [9.17, 15) is 4.79 Å². The van der Waals surface area contributed by atoms with Crippen LogP contribution in [0.15, 0.2) is 30.3 Å². The molecule has 2 heteroatoms. The van der Waals surface area contributed by atoms with Crippen LogP contribution in [0.3, 0.4) is 0 Å². The molecule has 0 aromatic heterocycles. The highest BCUT2D eigenvalue weighted by Crippen LogP contribution is 2.61. The fourth-order valence-electron chi connectivity index (χ4n) is 5.38. The van der Waals surface area contributed by atoms with Gasteiger partial charge in [-0.25, -0.2) is 0 Å². The van der Waals surface area contributed by atoms with Crippen molar-refractivity contribution in [1.82, 2.24) is 0 Å². The first-order chi connectivity index (χ1) is 9.97. The topological polar surface area (TPSA) is 17.1 Å². The summed E-state index contributed by atoms with van der Waals surface area (Å²) >= 11 is 0. The van der Waals surface area contributed by atoms with Gasteiger partial charge in [-0.05, 0) is 29.7 Å². The lowest BCUT2D eigenvalue weighted by Crippen LogP contribution is -2.60. The van der Waals surface area contributed by atoms with Crippen molar-refractivity contribution in [3.8, 4) is 0 Å². The van der Waals surface area contributed by atoms with Crippen LogP contribution in [0.1, 0.15) is 45.4 Å². The lowest BCUT2D eigenvalue weighted by molar-refractivity contribution is -0.124. The zero-order chi connectivity index (χ0) is 15.1. The summed E-state index contributed by atoms with van der Waals surface area (Å²) in [5.41, 5.74) is 0. The normalized spacial score (nSPS) is 33.6. The van der Waals surface area contributed by atoms with E-state index in [1.807, 2.05) is 0 Å². The zero-order valence-electron chi connectivity index (χ0n) is 13.7. The van der Waals surface area contributed by atoms with E-state index in [0.29, 0.717) is 16.7 Å². The third-order valence-corrected chi connectivity index (χ3v) is 11.7. The molecule has 0 spiro atoms. The highest BCUT2D eigenvalue weighted by Gasteiger charge is 2.57. The number of Topliss-reactive ketones (excluding diaryl/α,β-unsaturated/α-hetero) is 1. The molecule has 0 aliphatic heterocycles. The largest absolute Gasteiger partial charge is 0.300 e. The number of ketones is 1. The van der Waals surface area contributed by atoms with Crippen molar-refractivity contribution >= 4 is 19.0 Å². The van der Waals surface area contributed by atoms with Gasteiger partial charge in [0.2, 0.25) is 0 Å². The Kier molecular flexibility index (Phi) is 3.85. The van der Waals surface area contributed by atoms with E-state index in [1.165, 1.54) is 25.7 Å². The minimum atomic E-state index is -1.67. The molecule has 1 aromatic rings. The van der Waals surface area contributed by atoms with Crippen LogP contribution < -0.4 is 5.19 Å². The predicted molar refractivity (Wildman–Crippen MR) is 91.6 cm³/mol. The monoisotopic (exact) mass is 300 g/mol. The van der Waals surface area contributed by atoms with Crippen molar-refractivity contribution in [2.45, 2.75) is 63.6 Å². The second-order valence-corrected chi connectivity index (χ2v) is 12.7. The fourth-order valence-corrected chi connectivity index (χ4v) is 9.78. The van der Waals surface area contributed by atoms with E-state index in [0.717, 1.165) is 18.8 Å². The third kappa shape index (κ3) is 2.32. The van der Waals surface area contributed by atoms with Gasteiger partial charge < -0.3 is 0 Å². The van der Waals surface area contributed by atoms with Crippen molar-refractivity contribution in [3.05, 3.63) is 30.3 Å². The minimum absolute atomic E-state index is 0.307. The Balaban J connectivity index is 2.08. The summed E-state index contributed by atoms with van der Waals surface area (Å²) in [6.45, 7) is 7.37. The van der Waals surface area contributed by atoms with Gasteiger partial charge in [-0.1, -0.05) is 68.4 Å². The lowest BCUT2D eigenvalue weighted by atomic mass is 9.65. The average Bonchev–Trinajstić information content (AvgIpc) is 2.47. The molecule has 0 heterocycles. The average molecular weight is 301 g/mol. The molecule has 21 heavy (non-hydrogen) atoms. The Morgan fingerprint density at radius 2 is 1.86 bits per heavy atom. The molecule has 2 aliphatic carbocycles. The first-order valence-electron chi connectivity index (χ1n) is 8.54. The molecule has 0 N–H and O–H groups in total. The third-order valence-electron chi connectivity index (χ3n) is 6.59. The Bertz CT molecular complexity index is 522. The molecule has 2 saturated carbocycles. The van der Waals surface area contributed by atoms with Gasteiger partial charge in [0.1, 0.15) is 5.78 Å². The molecule has 0 amide bonds. The van der Waals surface area contributed by atoms with Crippen LogP contribution in [0, 0.1) is 11.8 Å². The lowest BCUT2D eigenvalue weighted by Gasteiger charge is -2.57. The van der Waals surface area contributed by atoms with Gasteiger partial charge in [0.05, 0.1) is 8.07 Å². The highest BCUT2D eigenvalue weighted by molar-refractivity contribution is 6.92. The molecule has 1 nitrogen and oxygen atoms in total. The van der Waals surface area contributed by atoms with E-state index in [2.05, 4.69) is 50.3 Å². The van der Waals surface area contributed by atoms with Crippen molar-refractivity contribution < 1.29 is 4.79 Å². The molecule has 3 rings (SSSR count). The molecule has 2 fully saturated rings. The number of carbonyl (C=O) groups excluding carboxylic acids is 1. The maximum absolute atomic E-state index is 12.4. The summed E-state index contributed by atoms with van der Waals surface area (Å²) in [7, 11) is -1.67. The van der Waals surface area contributed by atoms with E-state index >= 15 is 0 Å². The van der Waals surface area contributed by atoms with Gasteiger partial charge >= 0.3 is 0 Å². The van der Waals surface area contributed by atoms with Gasteiger partial charge in [0, 0.05) is 12.8 Å². The van der Waals surface area contributed by atoms with Crippen molar-refractivity contribution in [2.75, 3.05) is 0 Å². The molecule has 3 atom stereocenters. The van der Waals surface area contributed by atoms with Crippen molar-refractivity contribution in [1.29, 1.82) is 0 Å². The SMILES string of the molecule is C[C@@H]1CC(=O)C[C@]2([Si](C)(C)c3ccccc3)CCCC[C@H]12. The van der Waals surface area contributed by atoms with Gasteiger partial charge in [-0.3, -0.25) is 4.79 Å². The summed E-state index contributed by atoms with van der Waals surface area (Å²) in [5, 5.41) is 1.85. The van der Waals surface area contributed by atoms with E-state index in [-0.39, 0.29) is 0 Å². The molecule has 1 aromatic carbocycles. The van der Waals surface area contributed by atoms with Crippen molar-refractivity contribution in [2.24, 2.45) is 11.8 Å². The maximum Gasteiger partial charge on any atom is 0.133 e. The number of carbonyl (C=O) groups is 1. The number of rotatable bonds is 2. The summed E-state index contributed by atoms with van der Waals surface area (Å²) in [4.78, 5) is 12.4. The quantitative estimate of drug-likeness (QED) is 0.733. The standard InChI is InChI=1S/C19H28OSi/c1-15-13-16(20)14-19(12-8-7-11-18(15)19)21(2,3)17-9-5-4-6-10-17/h4-6,9-10,15,18H,7-8,11-14H2,1-3H3/t15-,18-,19-/m1/s1. The highest BCUT2D eigenvalue weighted by atomic mass is 28.3. The smallest absolute Gasteiger partial charge is 0.133 e. The number of benzene rings is 1. The van der Waals surface area contributed by atoms with E-state index in [1.54, 1.807) is 5.19 Å². The molecule has 114 valence electrons. The zero-order valence-corrected chi connectivity index (χ0v) is 14.7. The van der Waals surface area contributed by atoms with Crippen LogP contribution in [-0.2, 0) is 4.79 Å². The van der Waals surface area contributed by atoms with Crippen LogP contribution >= 0.6 is 0 Å². The molecular weight excluding hydrogens is 272 g/mol. The van der Waals surface area contributed by atoms with Gasteiger partial charge in [0.25, 0.3) is 0 Å². The van der Waals surface area contributed by atoms with Crippen molar-refractivity contribution in [3.63, 3.8) is 0 Å². The summed E-state index contributed by atoms with van der Waals surface area (Å²) in [6, 6.07) is 11.1. The molecule has 0 radical (unpaired) electrons. The molecule has 0 unspecified atom stereocenters. The van der Waals surface area contributed by atoms with Crippen LogP contribution in [0.5, 0.6) is 0 Å². The second-order valence-electron chi connectivity index (χ2n) is 7.90.